The van der Waals surface area contributed by atoms with Crippen LogP contribution in [0, 0.1) is 11.8 Å². The van der Waals surface area contributed by atoms with Gasteiger partial charge < -0.3 is 15.0 Å². The van der Waals surface area contributed by atoms with Gasteiger partial charge in [0.05, 0.1) is 13.0 Å². The van der Waals surface area contributed by atoms with Crippen LogP contribution in [0.25, 0.3) is 0 Å². The number of hydrogen-bond acceptors (Lipinski definition) is 4. The molecule has 1 N–H and O–H groups in total. The second-order valence-electron chi connectivity index (χ2n) is 5.52. The minimum atomic E-state index is -0.340. The van der Waals surface area contributed by atoms with Crippen LogP contribution < -0.4 is 5.32 Å². The van der Waals surface area contributed by atoms with Crippen LogP contribution in [0.2, 0.25) is 0 Å². The third-order valence-electron chi connectivity index (χ3n) is 4.14. The molecule has 1 fully saturated rings. The van der Waals surface area contributed by atoms with E-state index in [-0.39, 0.29) is 24.3 Å². The Morgan fingerprint density at radius 2 is 2.05 bits per heavy atom. The normalized spacial score (nSPS) is 18.9. The van der Waals surface area contributed by atoms with E-state index in [9.17, 15) is 9.59 Å². The molecule has 1 atom stereocenters. The predicted octanol–water partition coefficient (Wildman–Crippen LogP) is 1.42. The molecule has 0 aromatic carbocycles. The number of piperidine rings is 1. The molecule has 1 amide bonds. The number of nitrogens with zero attached hydrogens (tertiary/aromatic N) is 1. The first-order valence-electron chi connectivity index (χ1n) is 7.68. The van der Waals surface area contributed by atoms with Crippen LogP contribution in [-0.4, -0.2) is 50.1 Å². The molecule has 0 radical (unpaired) electrons. The highest BCUT2D eigenvalue weighted by Gasteiger charge is 2.28. The molecule has 116 valence electrons. The van der Waals surface area contributed by atoms with Crippen LogP contribution in [0.1, 0.15) is 39.5 Å². The van der Waals surface area contributed by atoms with Crippen molar-refractivity contribution in [3.8, 4) is 0 Å². The number of rotatable bonds is 7. The molecule has 5 heteroatoms. The highest BCUT2D eigenvalue weighted by molar-refractivity contribution is 5.83. The lowest BCUT2D eigenvalue weighted by molar-refractivity contribution is -0.149. The van der Waals surface area contributed by atoms with Crippen molar-refractivity contribution in [1.82, 2.24) is 10.2 Å². The summed E-state index contributed by atoms with van der Waals surface area (Å²) in [7, 11) is 1.37. The minimum absolute atomic E-state index is 0.00256. The fraction of sp³-hybridized carbons (Fsp3) is 0.867. The van der Waals surface area contributed by atoms with E-state index < -0.39 is 0 Å². The molecule has 0 bridgehead atoms. The van der Waals surface area contributed by atoms with Crippen LogP contribution in [0.4, 0.5) is 0 Å². The molecule has 0 saturated carbocycles. The van der Waals surface area contributed by atoms with Gasteiger partial charge in [0.1, 0.15) is 6.54 Å². The summed E-state index contributed by atoms with van der Waals surface area (Å²) >= 11 is 0. The van der Waals surface area contributed by atoms with E-state index in [1.165, 1.54) is 7.11 Å². The first-order valence-corrected chi connectivity index (χ1v) is 7.68. The molecule has 0 aromatic heterocycles. The van der Waals surface area contributed by atoms with Crippen molar-refractivity contribution in [3.05, 3.63) is 0 Å². The lowest BCUT2D eigenvalue weighted by atomic mass is 9.96. The molecular weight excluding hydrogens is 256 g/mol. The van der Waals surface area contributed by atoms with E-state index in [4.69, 9.17) is 4.74 Å². The maximum absolute atomic E-state index is 12.6. The Hall–Kier alpha value is -1.10. The van der Waals surface area contributed by atoms with Gasteiger partial charge in [-0.3, -0.25) is 9.59 Å². The summed E-state index contributed by atoms with van der Waals surface area (Å²) < 4.78 is 4.72. The molecule has 0 aromatic rings. The van der Waals surface area contributed by atoms with Crippen molar-refractivity contribution in [1.29, 1.82) is 0 Å². The summed E-state index contributed by atoms with van der Waals surface area (Å²) in [5.74, 6) is 0.200. The highest BCUT2D eigenvalue weighted by Crippen LogP contribution is 2.17. The summed E-state index contributed by atoms with van der Waals surface area (Å²) in [6.07, 6.45) is 3.97. The van der Waals surface area contributed by atoms with E-state index >= 15 is 0 Å². The Morgan fingerprint density at radius 3 is 2.55 bits per heavy atom. The summed E-state index contributed by atoms with van der Waals surface area (Å²) in [6.45, 7) is 6.67. The fourth-order valence-corrected chi connectivity index (χ4v) is 2.63. The molecule has 1 saturated heterocycles. The van der Waals surface area contributed by atoms with Crippen molar-refractivity contribution in [3.63, 3.8) is 0 Å². The summed E-state index contributed by atoms with van der Waals surface area (Å²) in [4.78, 5) is 25.8. The van der Waals surface area contributed by atoms with Crippen molar-refractivity contribution < 1.29 is 14.3 Å². The van der Waals surface area contributed by atoms with Crippen LogP contribution >= 0.6 is 0 Å². The Balaban J connectivity index is 2.68. The van der Waals surface area contributed by atoms with Crippen molar-refractivity contribution >= 4 is 11.9 Å². The zero-order valence-electron chi connectivity index (χ0n) is 13.0. The standard InChI is InChI=1S/C15H28N2O3/c1-4-12(5-2)10-17(11-14(18)20-3)15(19)13-7-6-8-16-9-13/h12-13,16H,4-11H2,1-3H3/t13-/m0/s1. The van der Waals surface area contributed by atoms with Crippen molar-refractivity contribution in [2.24, 2.45) is 11.8 Å². The van der Waals surface area contributed by atoms with Gasteiger partial charge in [0.2, 0.25) is 5.91 Å². The monoisotopic (exact) mass is 284 g/mol. The number of nitrogens with one attached hydrogen (secondary N) is 1. The van der Waals surface area contributed by atoms with Crippen molar-refractivity contribution in [2.45, 2.75) is 39.5 Å². The second-order valence-corrected chi connectivity index (χ2v) is 5.52. The van der Waals surface area contributed by atoms with Gasteiger partial charge >= 0.3 is 5.97 Å². The van der Waals surface area contributed by atoms with E-state index in [2.05, 4.69) is 19.2 Å². The van der Waals surface area contributed by atoms with Gasteiger partial charge in [-0.15, -0.1) is 0 Å². The van der Waals surface area contributed by atoms with Gasteiger partial charge in [0.25, 0.3) is 0 Å². The van der Waals surface area contributed by atoms with E-state index in [0.717, 1.165) is 38.8 Å². The third-order valence-corrected chi connectivity index (χ3v) is 4.14. The van der Waals surface area contributed by atoms with Crippen LogP contribution in [0.3, 0.4) is 0 Å². The number of carbonyl (C=O) groups excluding carboxylic acids is 2. The Bertz CT molecular complexity index is 310. The zero-order valence-corrected chi connectivity index (χ0v) is 13.0. The quantitative estimate of drug-likeness (QED) is 0.718. The molecule has 1 aliphatic heterocycles. The van der Waals surface area contributed by atoms with Gasteiger partial charge in [-0.25, -0.2) is 0 Å². The second kappa shape index (κ2) is 8.95. The van der Waals surface area contributed by atoms with Gasteiger partial charge in [-0.05, 0) is 25.3 Å². The van der Waals surface area contributed by atoms with Crippen LogP contribution in [0.15, 0.2) is 0 Å². The highest BCUT2D eigenvalue weighted by atomic mass is 16.5. The Morgan fingerprint density at radius 1 is 1.35 bits per heavy atom. The van der Waals surface area contributed by atoms with E-state index in [1.807, 2.05) is 0 Å². The van der Waals surface area contributed by atoms with Gasteiger partial charge in [0, 0.05) is 13.1 Å². The van der Waals surface area contributed by atoms with Crippen molar-refractivity contribution in [2.75, 3.05) is 33.3 Å². The molecule has 0 aliphatic carbocycles. The smallest absolute Gasteiger partial charge is 0.325 e. The molecule has 20 heavy (non-hydrogen) atoms. The first kappa shape index (κ1) is 17.0. The number of carbonyl (C=O) groups is 2. The van der Waals surface area contributed by atoms with Gasteiger partial charge in [-0.2, -0.15) is 0 Å². The Kier molecular flexibility index (Phi) is 7.59. The Labute approximate surface area is 122 Å². The predicted molar refractivity (Wildman–Crippen MR) is 78.3 cm³/mol. The molecule has 1 rings (SSSR count). The molecular formula is C15H28N2O3. The number of methoxy groups -OCH3 is 1. The largest absolute Gasteiger partial charge is 0.468 e. The number of esters is 1. The van der Waals surface area contributed by atoms with E-state index in [1.54, 1.807) is 4.90 Å². The topological polar surface area (TPSA) is 58.6 Å². The van der Waals surface area contributed by atoms with Gasteiger partial charge in [0.15, 0.2) is 0 Å². The molecule has 0 spiro atoms. The maximum Gasteiger partial charge on any atom is 0.325 e. The molecule has 5 nitrogen and oxygen atoms in total. The third kappa shape index (κ3) is 5.12. The maximum atomic E-state index is 12.6. The SMILES string of the molecule is CCC(CC)CN(CC(=O)OC)C(=O)[C@H]1CCCNC1. The molecule has 1 aliphatic rings. The summed E-state index contributed by atoms with van der Waals surface area (Å²) in [5.41, 5.74) is 0. The first-order chi connectivity index (χ1) is 9.62. The fourth-order valence-electron chi connectivity index (χ4n) is 2.63. The van der Waals surface area contributed by atoms with Gasteiger partial charge in [-0.1, -0.05) is 26.7 Å². The zero-order chi connectivity index (χ0) is 15.0. The average molecular weight is 284 g/mol. The molecule has 0 unspecified atom stereocenters. The number of ether oxygens (including phenoxy) is 1. The lowest BCUT2D eigenvalue weighted by Crippen LogP contribution is -2.46. The lowest BCUT2D eigenvalue weighted by Gasteiger charge is -2.31. The average Bonchev–Trinajstić information content (AvgIpc) is 2.51. The summed E-state index contributed by atoms with van der Waals surface area (Å²) in [5, 5.41) is 3.26. The summed E-state index contributed by atoms with van der Waals surface area (Å²) in [6, 6.07) is 0. The number of hydrogen-bond donors (Lipinski definition) is 1. The van der Waals surface area contributed by atoms with E-state index in [0.29, 0.717) is 12.5 Å². The molecule has 1 heterocycles. The van der Waals surface area contributed by atoms with Crippen LogP contribution in [-0.2, 0) is 14.3 Å². The minimum Gasteiger partial charge on any atom is -0.468 e. The van der Waals surface area contributed by atoms with Crippen LogP contribution in [0.5, 0.6) is 0 Å². The number of amides is 1.